The van der Waals surface area contributed by atoms with Crippen LogP contribution in [0.3, 0.4) is 0 Å². The van der Waals surface area contributed by atoms with Gasteiger partial charge in [-0.3, -0.25) is 0 Å². The van der Waals surface area contributed by atoms with Crippen LogP contribution in [0.4, 0.5) is 0 Å². The standard InChI is InChI=1S/C9H8I2/c1-7-5-8-3-2-4-10-9(8)11-6-7/h2-6H,1H3. The summed E-state index contributed by atoms with van der Waals surface area (Å²) < 4.78 is 6.58. The molecule has 2 rings (SSSR count). The molecule has 0 aromatic rings. The molecule has 0 aliphatic carbocycles. The molecule has 2 heteroatoms. The fourth-order valence-corrected chi connectivity index (χ4v) is 6.77. The Kier molecular flexibility index (Phi) is 2.51. The minimum Gasteiger partial charge on any atom is -0.0786 e. The summed E-state index contributed by atoms with van der Waals surface area (Å²) in [6, 6.07) is 0. The maximum Gasteiger partial charge on any atom is 0.0480 e. The molecular weight excluding hydrogens is 362 g/mol. The molecule has 0 atom stereocenters. The number of hydrogen-bond donors (Lipinski definition) is 0. The predicted molar refractivity (Wildman–Crippen MR) is 70.1 cm³/mol. The summed E-state index contributed by atoms with van der Waals surface area (Å²) in [7, 11) is 0. The molecule has 0 radical (unpaired) electrons. The maximum absolute atomic E-state index is 2.43. The van der Waals surface area contributed by atoms with Gasteiger partial charge in [-0.2, -0.15) is 0 Å². The van der Waals surface area contributed by atoms with E-state index in [0.29, 0.717) is 0 Å². The lowest BCUT2D eigenvalue weighted by Crippen LogP contribution is -1.94. The largest absolute Gasteiger partial charge is 0.0786 e. The molecule has 0 aromatic carbocycles. The maximum atomic E-state index is 2.43. The molecule has 0 N–H and O–H groups in total. The Balaban J connectivity index is 2.51. The first-order chi connectivity index (χ1) is 5.36. The summed E-state index contributed by atoms with van der Waals surface area (Å²) in [6.45, 7) is 2.20. The molecule has 2 aliphatic heterocycles. The summed E-state index contributed by atoms with van der Waals surface area (Å²) in [4.78, 5) is 0. The first-order valence-electron chi connectivity index (χ1n) is 3.39. The summed E-state index contributed by atoms with van der Waals surface area (Å²) in [5.41, 5.74) is 3.00. The monoisotopic (exact) mass is 370 g/mol. The first-order valence-corrected chi connectivity index (χ1v) is 8.03. The van der Waals surface area contributed by atoms with Crippen LogP contribution in [0, 0.1) is 0 Å². The van der Waals surface area contributed by atoms with E-state index in [0.717, 1.165) is 0 Å². The van der Waals surface area contributed by atoms with Gasteiger partial charge in [-0.05, 0) is 26.2 Å². The topological polar surface area (TPSA) is 0 Å². The zero-order valence-electron chi connectivity index (χ0n) is 6.14. The highest BCUT2D eigenvalue weighted by Gasteiger charge is 2.05. The minimum absolute atomic E-state index is 0.266. The van der Waals surface area contributed by atoms with Crippen molar-refractivity contribution in [3.05, 3.63) is 33.5 Å². The molecular formula is C9H8I2. The smallest absolute Gasteiger partial charge is 0.0480 e. The molecule has 11 heavy (non-hydrogen) atoms. The van der Waals surface area contributed by atoms with Crippen molar-refractivity contribution < 1.29 is 0 Å². The predicted octanol–water partition coefficient (Wildman–Crippen LogP) is 3.27. The molecule has 0 amide bonds. The van der Waals surface area contributed by atoms with Crippen LogP contribution in [0.25, 0.3) is 0 Å². The highest BCUT2D eigenvalue weighted by molar-refractivity contribution is 14.3. The van der Waals surface area contributed by atoms with E-state index in [4.69, 9.17) is 0 Å². The van der Waals surface area contributed by atoms with Crippen LogP contribution >= 0.6 is 41.5 Å². The van der Waals surface area contributed by atoms with E-state index in [9.17, 15) is 0 Å². The Bertz CT molecular complexity index is 327. The van der Waals surface area contributed by atoms with E-state index in [1.807, 2.05) is 0 Å². The molecule has 2 aliphatic rings. The quantitative estimate of drug-likeness (QED) is 0.575. The highest BCUT2D eigenvalue weighted by atomic mass is 127. The lowest BCUT2D eigenvalue weighted by atomic mass is 10.2. The van der Waals surface area contributed by atoms with Crippen LogP contribution in [0.15, 0.2) is 33.5 Å². The lowest BCUT2D eigenvalue weighted by Gasteiger charge is -2.09. The van der Waals surface area contributed by atoms with Gasteiger partial charge in [0.25, 0.3) is 0 Å². The van der Waals surface area contributed by atoms with Crippen molar-refractivity contribution in [2.24, 2.45) is 0 Å². The van der Waals surface area contributed by atoms with E-state index >= 15 is 0 Å². The van der Waals surface area contributed by atoms with Gasteiger partial charge in [0.2, 0.25) is 0 Å². The van der Waals surface area contributed by atoms with Crippen molar-refractivity contribution >= 4 is 47.0 Å². The van der Waals surface area contributed by atoms with Gasteiger partial charge in [0.1, 0.15) is 0 Å². The van der Waals surface area contributed by atoms with Crippen molar-refractivity contribution in [2.45, 2.75) is 6.92 Å². The van der Waals surface area contributed by atoms with Gasteiger partial charge < -0.3 is 0 Å². The number of halogens is 2. The van der Waals surface area contributed by atoms with E-state index in [1.54, 1.807) is 1.52 Å². The Morgan fingerprint density at radius 3 is 3.18 bits per heavy atom. The Labute approximate surface area is 86.6 Å². The molecule has 0 unspecified atom stereocenters. The van der Waals surface area contributed by atoms with E-state index in [2.05, 4.69) is 33.2 Å². The van der Waals surface area contributed by atoms with Gasteiger partial charge in [0.05, 0.1) is 0 Å². The van der Waals surface area contributed by atoms with E-state index < -0.39 is 0 Å². The molecule has 0 saturated carbocycles. The van der Waals surface area contributed by atoms with Gasteiger partial charge in [0.15, 0.2) is 0 Å². The van der Waals surface area contributed by atoms with Crippen molar-refractivity contribution in [3.8, 4) is 0 Å². The molecule has 0 spiro atoms. The molecule has 58 valence electrons. The van der Waals surface area contributed by atoms with Gasteiger partial charge in [-0.15, -0.1) is 0 Å². The van der Waals surface area contributed by atoms with Crippen LogP contribution < -0.4 is 0 Å². The first kappa shape index (κ1) is 8.04. The van der Waals surface area contributed by atoms with Gasteiger partial charge >= 0.3 is 0 Å². The third kappa shape index (κ3) is 1.77. The number of hydrogen-bond acceptors (Lipinski definition) is 0. The Morgan fingerprint density at radius 1 is 1.36 bits per heavy atom. The molecule has 0 nitrogen and oxygen atoms in total. The minimum atomic E-state index is 0.266. The highest BCUT2D eigenvalue weighted by Crippen LogP contribution is 2.29. The molecule has 0 fully saturated rings. The second kappa shape index (κ2) is 3.43. The summed E-state index contributed by atoms with van der Waals surface area (Å²) in [5, 5.41) is 0. The molecule has 2 heterocycles. The Morgan fingerprint density at radius 2 is 2.27 bits per heavy atom. The fraction of sp³-hybridized carbons (Fsp3) is 0.111. The van der Waals surface area contributed by atoms with Gasteiger partial charge in [-0.1, -0.05) is 59.7 Å². The summed E-state index contributed by atoms with van der Waals surface area (Å²) in [6.07, 6.45) is 6.79. The van der Waals surface area contributed by atoms with Crippen molar-refractivity contribution in [2.75, 3.05) is 0 Å². The second-order valence-electron chi connectivity index (χ2n) is 2.42. The van der Waals surface area contributed by atoms with Crippen LogP contribution in [0.1, 0.15) is 6.92 Å². The van der Waals surface area contributed by atoms with Gasteiger partial charge in [0, 0.05) is 1.52 Å². The molecule has 0 aromatic heterocycles. The third-order valence-corrected chi connectivity index (χ3v) is 9.00. The van der Waals surface area contributed by atoms with Crippen molar-refractivity contribution in [1.82, 2.24) is 0 Å². The van der Waals surface area contributed by atoms with E-state index in [-0.39, 0.29) is 41.5 Å². The van der Waals surface area contributed by atoms with Gasteiger partial charge in [-0.25, -0.2) is 0 Å². The Hall–Kier alpha value is 0.420. The molecule has 0 saturated heterocycles. The van der Waals surface area contributed by atoms with Crippen molar-refractivity contribution in [3.63, 3.8) is 0 Å². The number of rotatable bonds is 0. The normalized spacial score (nSPS) is 21.7. The summed E-state index contributed by atoms with van der Waals surface area (Å²) >= 11 is 0.541. The average Bonchev–Trinajstić information content (AvgIpc) is 2.04. The van der Waals surface area contributed by atoms with Crippen LogP contribution in [-0.4, -0.2) is 5.53 Å². The van der Waals surface area contributed by atoms with Crippen LogP contribution in [0.5, 0.6) is 0 Å². The fourth-order valence-electron chi connectivity index (χ4n) is 0.958. The third-order valence-electron chi connectivity index (χ3n) is 1.43. The summed E-state index contributed by atoms with van der Waals surface area (Å²) in [5.74, 6) is 0. The number of fused-ring (bicyclic) bond motifs is 1. The average molecular weight is 370 g/mol. The van der Waals surface area contributed by atoms with Crippen LogP contribution in [-0.2, 0) is 0 Å². The second-order valence-corrected chi connectivity index (χ2v) is 9.23. The zero-order valence-corrected chi connectivity index (χ0v) is 10.5. The van der Waals surface area contributed by atoms with Crippen LogP contribution in [0.2, 0.25) is 0 Å². The van der Waals surface area contributed by atoms with Crippen molar-refractivity contribution in [1.29, 1.82) is 0 Å². The van der Waals surface area contributed by atoms with E-state index in [1.165, 1.54) is 11.1 Å². The SMILES string of the molecule is CC1=CI=C2I=CC=CC2=C1. The molecule has 0 bridgehead atoms. The number of allylic oxidation sites excluding steroid dienone is 5. The lowest BCUT2D eigenvalue weighted by molar-refractivity contribution is 1.54. The zero-order chi connectivity index (χ0) is 7.68.